The van der Waals surface area contributed by atoms with Gasteiger partial charge in [0.25, 0.3) is 0 Å². The molecule has 0 saturated carbocycles. The van der Waals surface area contributed by atoms with E-state index >= 15 is 0 Å². The summed E-state index contributed by atoms with van der Waals surface area (Å²) in [5, 5.41) is 16.6. The molecule has 0 heterocycles. The van der Waals surface area contributed by atoms with Gasteiger partial charge in [0, 0.05) is 24.3 Å². The second-order valence-electron chi connectivity index (χ2n) is 3.59. The van der Waals surface area contributed by atoms with Gasteiger partial charge in [0.05, 0.1) is 7.11 Å². The molecule has 17 heavy (non-hydrogen) atoms. The molecule has 0 aromatic heterocycles. The predicted octanol–water partition coefficient (Wildman–Crippen LogP) is 1.37. The molecule has 5 nitrogen and oxygen atoms in total. The van der Waals surface area contributed by atoms with Gasteiger partial charge in [-0.05, 0) is 32.2 Å². The molecule has 5 heteroatoms. The SMILES string of the molecule is CCNC(=N)Nc1ccc(OC)c(CNC)c1. The lowest BCUT2D eigenvalue weighted by molar-refractivity contribution is 0.408. The Morgan fingerprint density at radius 3 is 2.76 bits per heavy atom. The highest BCUT2D eigenvalue weighted by Gasteiger charge is 2.04. The highest BCUT2D eigenvalue weighted by molar-refractivity contribution is 5.91. The first-order valence-electron chi connectivity index (χ1n) is 5.62. The van der Waals surface area contributed by atoms with Crippen LogP contribution in [0.4, 0.5) is 5.69 Å². The standard InChI is InChI=1S/C12H20N4O/c1-4-15-12(13)16-10-5-6-11(17-3)9(7-10)8-14-2/h5-7,14H,4,8H2,1-3H3,(H3,13,15,16). The van der Waals surface area contributed by atoms with Crippen LogP contribution in [0.2, 0.25) is 0 Å². The van der Waals surface area contributed by atoms with Crippen LogP contribution in [0.1, 0.15) is 12.5 Å². The van der Waals surface area contributed by atoms with Gasteiger partial charge in [-0.1, -0.05) is 0 Å². The van der Waals surface area contributed by atoms with E-state index in [4.69, 9.17) is 10.1 Å². The van der Waals surface area contributed by atoms with Crippen molar-refractivity contribution in [3.8, 4) is 5.75 Å². The Kier molecular flexibility index (Phi) is 5.29. The average molecular weight is 236 g/mol. The molecule has 1 aromatic rings. The second-order valence-corrected chi connectivity index (χ2v) is 3.59. The summed E-state index contributed by atoms with van der Waals surface area (Å²) in [6.07, 6.45) is 0. The molecule has 0 aliphatic rings. The maximum absolute atomic E-state index is 7.63. The van der Waals surface area contributed by atoms with E-state index in [1.165, 1.54) is 0 Å². The molecule has 0 aliphatic carbocycles. The third kappa shape index (κ3) is 3.96. The van der Waals surface area contributed by atoms with Crippen molar-refractivity contribution in [1.29, 1.82) is 5.41 Å². The van der Waals surface area contributed by atoms with E-state index in [1.54, 1.807) is 7.11 Å². The lowest BCUT2D eigenvalue weighted by Crippen LogP contribution is -2.29. The smallest absolute Gasteiger partial charge is 0.192 e. The van der Waals surface area contributed by atoms with E-state index in [9.17, 15) is 0 Å². The minimum absolute atomic E-state index is 0.299. The Bertz CT molecular complexity index is 379. The summed E-state index contributed by atoms with van der Waals surface area (Å²) < 4.78 is 5.27. The lowest BCUT2D eigenvalue weighted by Gasteiger charge is -2.12. The molecule has 0 amide bonds. The summed E-state index contributed by atoms with van der Waals surface area (Å²) in [7, 11) is 3.54. The van der Waals surface area contributed by atoms with Gasteiger partial charge in [0.2, 0.25) is 0 Å². The van der Waals surface area contributed by atoms with Crippen LogP contribution >= 0.6 is 0 Å². The van der Waals surface area contributed by atoms with Crippen molar-refractivity contribution in [2.24, 2.45) is 0 Å². The molecule has 0 aliphatic heterocycles. The van der Waals surface area contributed by atoms with Gasteiger partial charge in [0.15, 0.2) is 5.96 Å². The van der Waals surface area contributed by atoms with Crippen molar-refractivity contribution in [2.45, 2.75) is 13.5 Å². The zero-order valence-corrected chi connectivity index (χ0v) is 10.6. The summed E-state index contributed by atoms with van der Waals surface area (Å²) in [5.41, 5.74) is 1.94. The van der Waals surface area contributed by atoms with Gasteiger partial charge < -0.3 is 20.7 Å². The van der Waals surface area contributed by atoms with Crippen LogP contribution < -0.4 is 20.7 Å². The predicted molar refractivity (Wildman–Crippen MR) is 70.8 cm³/mol. The fraction of sp³-hybridized carbons (Fsp3) is 0.417. The quantitative estimate of drug-likeness (QED) is 0.460. The zero-order chi connectivity index (χ0) is 12.7. The molecule has 4 N–H and O–H groups in total. The second kappa shape index (κ2) is 6.75. The van der Waals surface area contributed by atoms with Gasteiger partial charge in [0.1, 0.15) is 5.75 Å². The maximum Gasteiger partial charge on any atom is 0.192 e. The summed E-state index contributed by atoms with van der Waals surface area (Å²) >= 11 is 0. The third-order valence-electron chi connectivity index (χ3n) is 2.27. The first-order chi connectivity index (χ1) is 8.21. The van der Waals surface area contributed by atoms with Crippen LogP contribution in [-0.4, -0.2) is 26.7 Å². The molecular weight excluding hydrogens is 216 g/mol. The Morgan fingerprint density at radius 2 is 2.18 bits per heavy atom. The van der Waals surface area contributed by atoms with Crippen LogP contribution in [0.5, 0.6) is 5.75 Å². The fourth-order valence-electron chi connectivity index (χ4n) is 1.55. The summed E-state index contributed by atoms with van der Waals surface area (Å²) in [5.74, 6) is 1.15. The molecular formula is C12H20N4O. The van der Waals surface area contributed by atoms with Crippen molar-refractivity contribution in [3.05, 3.63) is 23.8 Å². The maximum atomic E-state index is 7.63. The van der Waals surface area contributed by atoms with Gasteiger partial charge >= 0.3 is 0 Å². The van der Waals surface area contributed by atoms with Gasteiger partial charge in [-0.2, -0.15) is 0 Å². The summed E-state index contributed by atoms with van der Waals surface area (Å²) in [6, 6.07) is 5.76. The number of anilines is 1. The van der Waals surface area contributed by atoms with Crippen LogP contribution in [0.3, 0.4) is 0 Å². The van der Waals surface area contributed by atoms with Crippen LogP contribution in [-0.2, 0) is 6.54 Å². The topological polar surface area (TPSA) is 69.2 Å². The molecule has 0 radical (unpaired) electrons. The van der Waals surface area contributed by atoms with Crippen LogP contribution in [0.25, 0.3) is 0 Å². The normalized spacial score (nSPS) is 9.82. The number of ether oxygens (including phenoxy) is 1. The van der Waals surface area contributed by atoms with E-state index in [1.807, 2.05) is 32.2 Å². The molecule has 0 saturated heterocycles. The highest BCUT2D eigenvalue weighted by Crippen LogP contribution is 2.22. The lowest BCUT2D eigenvalue weighted by atomic mass is 10.1. The van der Waals surface area contributed by atoms with Gasteiger partial charge in [-0.25, -0.2) is 0 Å². The van der Waals surface area contributed by atoms with Crippen molar-refractivity contribution in [1.82, 2.24) is 10.6 Å². The molecule has 0 fully saturated rings. The van der Waals surface area contributed by atoms with Crippen molar-refractivity contribution in [3.63, 3.8) is 0 Å². The Balaban J connectivity index is 2.80. The van der Waals surface area contributed by atoms with Gasteiger partial charge in [-0.3, -0.25) is 5.41 Å². The largest absolute Gasteiger partial charge is 0.496 e. The molecule has 1 aromatic carbocycles. The number of hydrogen-bond acceptors (Lipinski definition) is 3. The number of methoxy groups -OCH3 is 1. The first kappa shape index (κ1) is 13.3. The number of rotatable bonds is 5. The average Bonchev–Trinajstić information content (AvgIpc) is 2.30. The summed E-state index contributed by atoms with van der Waals surface area (Å²) in [6.45, 7) is 3.41. The number of hydrogen-bond donors (Lipinski definition) is 4. The van der Waals surface area contributed by atoms with E-state index in [-0.39, 0.29) is 0 Å². The highest BCUT2D eigenvalue weighted by atomic mass is 16.5. The van der Waals surface area contributed by atoms with E-state index in [0.29, 0.717) is 5.96 Å². The number of guanidine groups is 1. The first-order valence-corrected chi connectivity index (χ1v) is 5.62. The van der Waals surface area contributed by atoms with Crippen molar-refractivity contribution < 1.29 is 4.74 Å². The van der Waals surface area contributed by atoms with Crippen molar-refractivity contribution >= 4 is 11.6 Å². The van der Waals surface area contributed by atoms with Crippen LogP contribution in [0.15, 0.2) is 18.2 Å². The van der Waals surface area contributed by atoms with Crippen LogP contribution in [0, 0.1) is 5.41 Å². The monoisotopic (exact) mass is 236 g/mol. The van der Waals surface area contributed by atoms with E-state index < -0.39 is 0 Å². The minimum atomic E-state index is 0.299. The van der Waals surface area contributed by atoms with E-state index in [2.05, 4.69) is 16.0 Å². The minimum Gasteiger partial charge on any atom is -0.496 e. The molecule has 0 unspecified atom stereocenters. The molecule has 1 rings (SSSR count). The number of benzene rings is 1. The fourth-order valence-corrected chi connectivity index (χ4v) is 1.55. The van der Waals surface area contributed by atoms with Gasteiger partial charge in [-0.15, -0.1) is 0 Å². The number of nitrogens with one attached hydrogen (secondary N) is 4. The van der Waals surface area contributed by atoms with E-state index in [0.717, 1.165) is 30.1 Å². The molecule has 0 spiro atoms. The molecule has 0 atom stereocenters. The third-order valence-corrected chi connectivity index (χ3v) is 2.27. The molecule has 0 bridgehead atoms. The van der Waals surface area contributed by atoms with Crippen molar-refractivity contribution in [2.75, 3.05) is 26.0 Å². The molecule has 94 valence electrons. The zero-order valence-electron chi connectivity index (χ0n) is 10.6. The Hall–Kier alpha value is -1.75. The summed E-state index contributed by atoms with van der Waals surface area (Å²) in [4.78, 5) is 0. The Morgan fingerprint density at radius 1 is 1.41 bits per heavy atom. The Labute approximate surface area is 102 Å².